The van der Waals surface area contributed by atoms with Crippen molar-refractivity contribution in [2.75, 3.05) is 112 Å². The van der Waals surface area contributed by atoms with Crippen LogP contribution in [0.15, 0.2) is 192 Å². The number of oxime groups is 3. The van der Waals surface area contributed by atoms with Crippen LogP contribution in [0.5, 0.6) is 0 Å². The number of rotatable bonds is 37. The number of hydrogen-bond donors (Lipinski definition) is 0. The monoisotopic (exact) mass is 1700 g/mol. The van der Waals surface area contributed by atoms with Crippen LogP contribution in [0.4, 0.5) is 0 Å². The van der Waals surface area contributed by atoms with E-state index in [2.05, 4.69) is 60.6 Å². The average Bonchev–Trinajstić information content (AvgIpc) is 1.60. The predicted octanol–water partition coefficient (Wildman–Crippen LogP) is 15.9. The minimum absolute atomic E-state index is 0.0231. The minimum atomic E-state index is -0.686. The highest BCUT2D eigenvalue weighted by molar-refractivity contribution is 7.99. The van der Waals surface area contributed by atoms with Crippen LogP contribution < -0.4 is 0 Å². The Hall–Kier alpha value is -9.58. The second kappa shape index (κ2) is 45.9. The molecule has 3 saturated heterocycles. The standard InChI is InChI=1S/C31H40ClN3O5S.C31H32N2O7S.C31H38N2O5/c1-5-34(6-2)18-16-27(33-40-28(36)15-17-32)29(37)23-7-11-25(12-8-23)41-26-13-9-24(10-14-26)30(38)31(3,4)35-19-21-39-22-20-35;1-31(2,33-16-18-39-19-17-33)29(36)22-10-14-25(15-11-22)41-24-12-8-21(9-13-24)28(35)26(20-27(34)38-3)32-40-30(37)23-6-4-5-7-23;1-5-6-7-8-9-28(32-38-21(2)34)29(35)24-12-10-22-18-23-11-13-25(20-27(23)26(22)19-24)30(36)31(3,4)33-14-16-37-17-15-33/h7-14H,5-6,15-22H2,1-4H3;4-6,8-15H,7,16-20H2,1-3H3;10-13,19-20H,5-9,14-18H2,1-4H3/b33-27+;32-26+;32-28+. The van der Waals surface area contributed by atoms with Gasteiger partial charge in [0.1, 0.15) is 17.1 Å². The van der Waals surface area contributed by atoms with Gasteiger partial charge in [0.25, 0.3) is 0 Å². The van der Waals surface area contributed by atoms with E-state index in [1.807, 2.05) is 139 Å². The third-order valence-electron chi connectivity index (χ3n) is 21.7. The first kappa shape index (κ1) is 94.3. The van der Waals surface area contributed by atoms with Crippen molar-refractivity contribution in [3.63, 3.8) is 0 Å². The van der Waals surface area contributed by atoms with E-state index in [-0.39, 0.29) is 63.9 Å². The average molecular weight is 1700 g/mol. The molecule has 0 saturated carbocycles. The summed E-state index contributed by atoms with van der Waals surface area (Å²) in [7, 11) is 1.20. The highest BCUT2D eigenvalue weighted by atomic mass is 35.5. The van der Waals surface area contributed by atoms with Gasteiger partial charge in [0.05, 0.1) is 76.2 Å². The third kappa shape index (κ3) is 26.2. The smallest absolute Gasteiger partial charge is 0.362 e. The lowest BCUT2D eigenvalue weighted by molar-refractivity contribution is -0.143. The Labute approximate surface area is 717 Å². The Morgan fingerprint density at radius 2 is 0.867 bits per heavy atom. The molecule has 6 aromatic carbocycles. The van der Waals surface area contributed by atoms with Crippen molar-refractivity contribution in [3.8, 4) is 11.1 Å². The van der Waals surface area contributed by atoms with Gasteiger partial charge in [-0.1, -0.05) is 146 Å². The molecule has 24 nitrogen and oxygen atoms in total. The van der Waals surface area contributed by atoms with E-state index in [4.69, 9.17) is 40.3 Å². The number of carbonyl (C=O) groups is 10. The van der Waals surface area contributed by atoms with E-state index in [0.29, 0.717) is 98.8 Å². The van der Waals surface area contributed by atoms with Crippen LogP contribution >= 0.6 is 35.1 Å². The number of ether oxygens (including phenoxy) is 4. The number of benzene rings is 6. The molecule has 0 spiro atoms. The van der Waals surface area contributed by atoms with Gasteiger partial charge in [-0.3, -0.25) is 48.3 Å². The fourth-order valence-corrected chi connectivity index (χ4v) is 16.0. The highest BCUT2D eigenvalue weighted by Gasteiger charge is 2.40. The van der Waals surface area contributed by atoms with Crippen LogP contribution in [0.1, 0.15) is 200 Å². The molecular formula is C93H110ClN7O17S2. The third-order valence-corrected chi connectivity index (χ3v) is 23.9. The summed E-state index contributed by atoms with van der Waals surface area (Å²) < 4.78 is 21.0. The first-order chi connectivity index (χ1) is 57.6. The molecule has 0 aromatic heterocycles. The molecule has 3 aliphatic heterocycles. The van der Waals surface area contributed by atoms with Gasteiger partial charge in [-0.05, 0) is 187 Å². The Bertz CT molecular complexity index is 4770. The summed E-state index contributed by atoms with van der Waals surface area (Å²) in [6.45, 7) is 29.8. The first-order valence-electron chi connectivity index (χ1n) is 40.9. The summed E-state index contributed by atoms with van der Waals surface area (Å²) in [4.78, 5) is 154. The number of hydrogen-bond acceptors (Lipinski definition) is 26. The Balaban J connectivity index is 0.000000205. The zero-order valence-electron chi connectivity index (χ0n) is 70.6. The summed E-state index contributed by atoms with van der Waals surface area (Å²) in [6.07, 6.45) is 10.6. The summed E-state index contributed by atoms with van der Waals surface area (Å²) in [5.74, 6) is -3.21. The van der Waals surface area contributed by atoms with Crippen LogP contribution in [0.3, 0.4) is 0 Å². The van der Waals surface area contributed by atoms with E-state index >= 15 is 0 Å². The summed E-state index contributed by atoms with van der Waals surface area (Å²) >= 11 is 8.63. The van der Waals surface area contributed by atoms with Gasteiger partial charge in [-0.15, -0.1) is 11.6 Å². The van der Waals surface area contributed by atoms with E-state index in [1.54, 1.807) is 66.4 Å². The molecule has 0 unspecified atom stereocenters. The number of esters is 1. The molecule has 5 aliphatic rings. The van der Waals surface area contributed by atoms with Crippen molar-refractivity contribution in [1.29, 1.82) is 0 Å². The molecule has 638 valence electrons. The molecular weight excluding hydrogens is 1590 g/mol. The van der Waals surface area contributed by atoms with Crippen LogP contribution in [-0.4, -0.2) is 223 Å². The SMILES string of the molecule is CCCCCC/C(=N\OC(C)=O)C(=O)c1ccc2c(c1)-c1cc(C(=O)C(C)(C)N3CCOCC3)ccc1C2.CCN(CC)CC/C(=N\OC(=O)CCCl)C(=O)c1ccc(Sc2ccc(C(=O)C(C)(C)N3CCOCC3)cc2)cc1.COC(=O)C/C(=N\OC(=O)C1=CC=CC1)C(=O)c1ccc(Sc2ccc(C(=O)C(C)(C)N3CCOCC3)cc2)cc1. The number of nitrogens with zero attached hydrogens (tertiary/aromatic N) is 7. The molecule has 11 rings (SSSR count). The molecule has 6 aromatic rings. The fourth-order valence-electron chi connectivity index (χ4n) is 14.2. The van der Waals surface area contributed by atoms with Crippen molar-refractivity contribution in [3.05, 3.63) is 202 Å². The highest BCUT2D eigenvalue weighted by Crippen LogP contribution is 2.40. The molecule has 3 fully saturated rings. The minimum Gasteiger partial charge on any atom is -0.469 e. The van der Waals surface area contributed by atoms with Crippen molar-refractivity contribution >= 4 is 111 Å². The van der Waals surface area contributed by atoms with Gasteiger partial charge >= 0.3 is 23.9 Å². The number of allylic oxidation sites excluding steroid dienone is 3. The lowest BCUT2D eigenvalue weighted by Crippen LogP contribution is -2.54. The Morgan fingerprint density at radius 3 is 1.29 bits per heavy atom. The molecule has 27 heteroatoms. The number of unbranched alkanes of at least 4 members (excludes halogenated alkanes) is 3. The first-order valence-corrected chi connectivity index (χ1v) is 43.1. The number of ketones is 6. The van der Waals surface area contributed by atoms with Crippen LogP contribution in [-0.2, 0) is 59.1 Å². The van der Waals surface area contributed by atoms with Gasteiger partial charge in [-0.2, -0.15) is 0 Å². The van der Waals surface area contributed by atoms with Gasteiger partial charge in [0.15, 0.2) is 17.3 Å². The largest absolute Gasteiger partial charge is 0.469 e. The maximum absolute atomic E-state index is 13.6. The number of morpholine rings is 3. The predicted molar refractivity (Wildman–Crippen MR) is 465 cm³/mol. The molecule has 2 aliphatic carbocycles. The van der Waals surface area contributed by atoms with Crippen LogP contribution in [0, 0.1) is 0 Å². The van der Waals surface area contributed by atoms with Gasteiger partial charge in [0.2, 0.25) is 17.3 Å². The number of alkyl halides is 1. The number of Topliss-reactive ketones (excluding diaryl/α,β-unsaturated/α-hetero) is 6. The number of fused-ring (bicyclic) bond motifs is 3. The lowest BCUT2D eigenvalue weighted by atomic mass is 9.89. The second-order valence-corrected chi connectivity index (χ2v) is 33.5. The second-order valence-electron chi connectivity index (χ2n) is 30.8. The topological polar surface area (TPSA) is 285 Å². The Kier molecular flexibility index (Phi) is 36.1. The van der Waals surface area contributed by atoms with E-state index in [9.17, 15) is 47.9 Å². The maximum atomic E-state index is 13.6. The zero-order valence-corrected chi connectivity index (χ0v) is 73.0. The summed E-state index contributed by atoms with van der Waals surface area (Å²) in [5, 5.41) is 11.5. The molecule has 0 bridgehead atoms. The van der Waals surface area contributed by atoms with Gasteiger partial charge in [0, 0.05) is 124 Å². The molecule has 0 atom stereocenters. The lowest BCUT2D eigenvalue weighted by Gasteiger charge is -2.39. The van der Waals surface area contributed by atoms with Crippen molar-refractivity contribution in [1.82, 2.24) is 19.6 Å². The van der Waals surface area contributed by atoms with E-state index in [0.717, 1.165) is 126 Å². The van der Waals surface area contributed by atoms with Gasteiger partial charge in [-0.25, -0.2) is 14.4 Å². The van der Waals surface area contributed by atoms with Crippen molar-refractivity contribution in [2.24, 2.45) is 15.5 Å². The molecule has 0 N–H and O–H groups in total. The fraction of sp³-hybridized carbons (Fsp3) is 0.430. The summed E-state index contributed by atoms with van der Waals surface area (Å²) in [5.41, 5.74) is 6.18. The summed E-state index contributed by atoms with van der Waals surface area (Å²) in [6, 6.07) is 40.7. The van der Waals surface area contributed by atoms with E-state index in [1.165, 1.54) is 25.8 Å². The Morgan fingerprint density at radius 1 is 0.467 bits per heavy atom. The van der Waals surface area contributed by atoms with E-state index < -0.39 is 52.7 Å². The van der Waals surface area contributed by atoms with Crippen molar-refractivity contribution in [2.45, 2.75) is 170 Å². The molecule has 0 amide bonds. The number of methoxy groups -OCH3 is 1. The number of carbonyl (C=O) groups excluding carboxylic acids is 10. The molecule has 0 radical (unpaired) electrons. The zero-order chi connectivity index (χ0) is 86.5. The number of halogens is 1. The molecule has 120 heavy (non-hydrogen) atoms. The van der Waals surface area contributed by atoms with Gasteiger partial charge < -0.3 is 38.4 Å². The maximum Gasteiger partial charge on any atom is 0.362 e. The normalized spacial score (nSPS) is 15.4. The molecule has 3 heterocycles. The quantitative estimate of drug-likeness (QED) is 0.00665. The van der Waals surface area contributed by atoms with Crippen LogP contribution in [0.25, 0.3) is 11.1 Å². The van der Waals surface area contributed by atoms with Crippen molar-refractivity contribution < 1.29 is 81.4 Å². The van der Waals surface area contributed by atoms with Crippen LogP contribution in [0.2, 0.25) is 0 Å².